The van der Waals surface area contributed by atoms with E-state index in [0.717, 1.165) is 38.3 Å². The minimum Gasteiger partial charge on any atom is -0.497 e. The van der Waals surface area contributed by atoms with Crippen molar-refractivity contribution in [2.24, 2.45) is 10.1 Å². The van der Waals surface area contributed by atoms with Crippen molar-refractivity contribution in [3.8, 4) is 5.75 Å². The molecular weight excluding hydrogens is 434 g/mol. The maximum absolute atomic E-state index is 6.14. The van der Waals surface area contributed by atoms with E-state index in [1.807, 2.05) is 47.7 Å². The zero-order valence-corrected chi connectivity index (χ0v) is 19.7. The Balaban J connectivity index is 1.83. The molecular formula is C23H22ClN3OS2. The lowest BCUT2D eigenvalue weighted by molar-refractivity contribution is 0.413. The molecule has 3 aromatic rings. The van der Waals surface area contributed by atoms with Crippen LogP contribution in [0.25, 0.3) is 0 Å². The van der Waals surface area contributed by atoms with Crippen LogP contribution >= 0.6 is 34.7 Å². The first-order valence-corrected chi connectivity index (χ1v) is 11.9. The monoisotopic (exact) mass is 455 g/mol. The van der Waals surface area contributed by atoms with Crippen LogP contribution < -0.4 is 4.74 Å². The molecule has 154 valence electrons. The van der Waals surface area contributed by atoms with Crippen LogP contribution in [-0.2, 0) is 6.54 Å². The first-order chi connectivity index (χ1) is 14.5. The van der Waals surface area contributed by atoms with E-state index >= 15 is 0 Å². The van der Waals surface area contributed by atoms with Gasteiger partial charge in [0.1, 0.15) is 16.5 Å². The Morgan fingerprint density at radius 2 is 1.77 bits per heavy atom. The summed E-state index contributed by atoms with van der Waals surface area (Å²) in [6.45, 7) is 4.90. The second-order valence-electron chi connectivity index (χ2n) is 6.92. The van der Waals surface area contributed by atoms with Crippen LogP contribution in [0, 0.1) is 13.8 Å². The van der Waals surface area contributed by atoms with E-state index in [-0.39, 0.29) is 0 Å². The number of fused-ring (bicyclic) bond motifs is 1. The molecule has 0 N–H and O–H groups in total. The molecule has 0 amide bonds. The molecule has 0 saturated heterocycles. The average Bonchev–Trinajstić information content (AvgIpc) is 2.94. The zero-order chi connectivity index (χ0) is 21.3. The van der Waals surface area contributed by atoms with Gasteiger partial charge >= 0.3 is 0 Å². The normalized spacial score (nSPS) is 13.4. The molecule has 1 aliphatic heterocycles. The van der Waals surface area contributed by atoms with Crippen molar-refractivity contribution in [1.29, 1.82) is 0 Å². The van der Waals surface area contributed by atoms with Gasteiger partial charge in [-0.2, -0.15) is 5.10 Å². The number of benzene rings is 2. The SMILES string of the molecule is COc1ccc(CN2N=C(c3ccc(Cl)cc3)c3c(sc(C)c3C)N=C2SC)cc1. The fourth-order valence-electron chi connectivity index (χ4n) is 3.29. The number of amidine groups is 1. The van der Waals surface area contributed by atoms with Crippen molar-refractivity contribution in [3.63, 3.8) is 0 Å². The van der Waals surface area contributed by atoms with Gasteiger partial charge in [-0.15, -0.1) is 11.3 Å². The minimum absolute atomic E-state index is 0.619. The van der Waals surface area contributed by atoms with Gasteiger partial charge in [0.15, 0.2) is 5.17 Å². The lowest BCUT2D eigenvalue weighted by Crippen LogP contribution is -2.24. The number of aryl methyl sites for hydroxylation is 1. The topological polar surface area (TPSA) is 37.2 Å². The lowest BCUT2D eigenvalue weighted by atomic mass is 10.0. The van der Waals surface area contributed by atoms with Crippen LogP contribution in [0.2, 0.25) is 5.02 Å². The van der Waals surface area contributed by atoms with E-state index < -0.39 is 0 Å². The predicted octanol–water partition coefficient (Wildman–Crippen LogP) is 6.65. The highest BCUT2D eigenvalue weighted by atomic mass is 35.5. The van der Waals surface area contributed by atoms with E-state index in [9.17, 15) is 0 Å². The molecule has 2 heterocycles. The van der Waals surface area contributed by atoms with Crippen molar-refractivity contribution < 1.29 is 4.74 Å². The molecule has 0 fully saturated rings. The van der Waals surface area contributed by atoms with E-state index in [1.165, 1.54) is 10.4 Å². The second-order valence-corrected chi connectivity index (χ2v) is 9.34. The van der Waals surface area contributed by atoms with Crippen molar-refractivity contribution in [1.82, 2.24) is 5.01 Å². The Morgan fingerprint density at radius 1 is 1.07 bits per heavy atom. The summed E-state index contributed by atoms with van der Waals surface area (Å²) in [4.78, 5) is 6.26. The molecule has 0 saturated carbocycles. The molecule has 0 atom stereocenters. The van der Waals surface area contributed by atoms with Gasteiger partial charge in [-0.05, 0) is 55.5 Å². The molecule has 30 heavy (non-hydrogen) atoms. The van der Waals surface area contributed by atoms with E-state index in [4.69, 9.17) is 26.4 Å². The largest absolute Gasteiger partial charge is 0.497 e. The molecule has 7 heteroatoms. The Hall–Kier alpha value is -2.28. The fourth-order valence-corrected chi connectivity index (χ4v) is 5.00. The third-order valence-corrected chi connectivity index (χ3v) is 7.05. The van der Waals surface area contributed by atoms with Crippen LogP contribution in [0.3, 0.4) is 0 Å². The lowest BCUT2D eigenvalue weighted by Gasteiger charge is -2.20. The summed E-state index contributed by atoms with van der Waals surface area (Å²) in [6.07, 6.45) is 2.04. The van der Waals surface area contributed by atoms with Gasteiger partial charge in [-0.3, -0.25) is 0 Å². The number of ether oxygens (including phenoxy) is 1. The zero-order valence-electron chi connectivity index (χ0n) is 17.3. The van der Waals surface area contributed by atoms with Crippen molar-refractivity contribution in [2.75, 3.05) is 13.4 Å². The highest BCUT2D eigenvalue weighted by Crippen LogP contribution is 2.39. The number of hydrogen-bond acceptors (Lipinski definition) is 6. The van der Waals surface area contributed by atoms with Crippen LogP contribution in [-0.4, -0.2) is 29.3 Å². The molecule has 4 nitrogen and oxygen atoms in total. The summed E-state index contributed by atoms with van der Waals surface area (Å²) in [5.41, 5.74) is 5.40. The molecule has 0 radical (unpaired) electrons. The summed E-state index contributed by atoms with van der Waals surface area (Å²) < 4.78 is 5.28. The third kappa shape index (κ3) is 4.13. The maximum Gasteiger partial charge on any atom is 0.185 e. The number of nitrogens with zero attached hydrogens (tertiary/aromatic N) is 3. The van der Waals surface area contributed by atoms with E-state index in [1.54, 1.807) is 30.2 Å². The first kappa shape index (κ1) is 21.0. The molecule has 4 rings (SSSR count). The van der Waals surface area contributed by atoms with E-state index in [2.05, 4.69) is 26.0 Å². The highest BCUT2D eigenvalue weighted by molar-refractivity contribution is 8.13. The maximum atomic E-state index is 6.14. The quantitative estimate of drug-likeness (QED) is 0.442. The molecule has 1 aromatic heterocycles. The number of thioether (sulfide) groups is 1. The van der Waals surface area contributed by atoms with Crippen LogP contribution in [0.4, 0.5) is 5.00 Å². The van der Waals surface area contributed by atoms with Gasteiger partial charge in [0.25, 0.3) is 0 Å². The van der Waals surface area contributed by atoms with Crippen LogP contribution in [0.15, 0.2) is 58.6 Å². The van der Waals surface area contributed by atoms with Crippen molar-refractivity contribution >= 4 is 50.6 Å². The Labute approximate surface area is 190 Å². The van der Waals surface area contributed by atoms with Gasteiger partial charge in [0, 0.05) is 21.0 Å². The summed E-state index contributed by atoms with van der Waals surface area (Å²) in [5.74, 6) is 0.840. The number of aliphatic imine (C=N–C) groups is 1. The molecule has 0 spiro atoms. The number of thiophene rings is 1. The summed E-state index contributed by atoms with van der Waals surface area (Å²) in [7, 11) is 1.67. The average molecular weight is 456 g/mol. The number of methoxy groups -OCH3 is 1. The van der Waals surface area contributed by atoms with Gasteiger partial charge in [0.2, 0.25) is 0 Å². The number of hydrogen-bond donors (Lipinski definition) is 0. The summed E-state index contributed by atoms with van der Waals surface area (Å²) in [6, 6.07) is 15.9. The minimum atomic E-state index is 0.619. The van der Waals surface area contributed by atoms with E-state index in [0.29, 0.717) is 11.6 Å². The van der Waals surface area contributed by atoms with Gasteiger partial charge in [-0.1, -0.05) is 47.6 Å². The molecule has 1 aliphatic rings. The summed E-state index contributed by atoms with van der Waals surface area (Å²) in [5, 5.41) is 9.68. The fraction of sp³-hybridized carbons (Fsp3) is 0.217. The van der Waals surface area contributed by atoms with Crippen LogP contribution in [0.1, 0.15) is 27.1 Å². The molecule has 2 aromatic carbocycles. The standard InChI is InChI=1S/C23H22ClN3OS2/c1-14-15(2)30-22-20(14)21(17-7-9-18(24)10-8-17)26-27(23(25-22)29-4)13-16-5-11-19(28-3)12-6-16/h5-12H,13H2,1-4H3. The number of hydrazone groups is 1. The number of rotatable bonds is 4. The Morgan fingerprint density at radius 3 is 2.40 bits per heavy atom. The van der Waals surface area contributed by atoms with Gasteiger partial charge in [0.05, 0.1) is 13.7 Å². The van der Waals surface area contributed by atoms with Gasteiger partial charge < -0.3 is 4.74 Å². The first-order valence-electron chi connectivity index (χ1n) is 9.48. The highest BCUT2D eigenvalue weighted by Gasteiger charge is 2.25. The van der Waals surface area contributed by atoms with Crippen LogP contribution in [0.5, 0.6) is 5.75 Å². The smallest absolute Gasteiger partial charge is 0.185 e. The number of halogens is 1. The Bertz CT molecular complexity index is 1120. The Kier molecular flexibility index (Phi) is 6.18. The molecule has 0 aliphatic carbocycles. The summed E-state index contributed by atoms with van der Waals surface area (Å²) >= 11 is 9.46. The van der Waals surface area contributed by atoms with Gasteiger partial charge in [-0.25, -0.2) is 10.0 Å². The van der Waals surface area contributed by atoms with Crippen molar-refractivity contribution in [2.45, 2.75) is 20.4 Å². The molecule has 0 bridgehead atoms. The van der Waals surface area contributed by atoms with Crippen molar-refractivity contribution in [3.05, 3.63) is 80.7 Å². The third-order valence-electron chi connectivity index (χ3n) is 5.03. The predicted molar refractivity (Wildman–Crippen MR) is 130 cm³/mol. The second kappa shape index (κ2) is 8.84. The molecule has 0 unspecified atom stereocenters.